The summed E-state index contributed by atoms with van der Waals surface area (Å²) in [4.78, 5) is 42.5. The summed E-state index contributed by atoms with van der Waals surface area (Å²) in [5.41, 5.74) is 3.64. The number of benzene rings is 2. The Balaban J connectivity index is 1.44. The Morgan fingerprint density at radius 2 is 1.97 bits per heavy atom. The van der Waals surface area contributed by atoms with E-state index in [9.17, 15) is 9.59 Å². The van der Waals surface area contributed by atoms with E-state index in [1.807, 2.05) is 38.2 Å². The highest BCUT2D eigenvalue weighted by Gasteiger charge is 2.26. The first-order chi connectivity index (χ1) is 17.0. The number of ether oxygens (including phenoxy) is 1. The highest BCUT2D eigenvalue weighted by Crippen LogP contribution is 2.31. The van der Waals surface area contributed by atoms with Crippen LogP contribution in [0.1, 0.15) is 33.0 Å². The van der Waals surface area contributed by atoms with E-state index in [4.69, 9.17) is 4.74 Å². The van der Waals surface area contributed by atoms with Crippen molar-refractivity contribution in [2.45, 2.75) is 13.3 Å². The van der Waals surface area contributed by atoms with E-state index in [0.717, 1.165) is 35.8 Å². The maximum absolute atomic E-state index is 13.5. The second-order valence-electron chi connectivity index (χ2n) is 8.47. The first kappa shape index (κ1) is 22.4. The average molecular weight is 471 g/mol. The molecule has 0 unspecified atom stereocenters. The van der Waals surface area contributed by atoms with Crippen LogP contribution in [-0.2, 0) is 0 Å². The Morgan fingerprint density at radius 3 is 2.80 bits per heavy atom. The Bertz CT molecular complexity index is 1430. The molecule has 0 aliphatic carbocycles. The van der Waals surface area contributed by atoms with Crippen molar-refractivity contribution < 1.29 is 14.3 Å². The lowest BCUT2D eigenvalue weighted by Crippen LogP contribution is -2.31. The highest BCUT2D eigenvalue weighted by molar-refractivity contribution is 6.12. The van der Waals surface area contributed by atoms with Gasteiger partial charge in [-0.3, -0.25) is 9.59 Å². The minimum atomic E-state index is -0.347. The zero-order valence-corrected chi connectivity index (χ0v) is 19.8. The quantitative estimate of drug-likeness (QED) is 0.467. The average Bonchev–Trinajstić information content (AvgIpc) is 3.18. The first-order valence-corrected chi connectivity index (χ1v) is 11.4. The van der Waals surface area contributed by atoms with E-state index in [0.29, 0.717) is 34.6 Å². The van der Waals surface area contributed by atoms with Gasteiger partial charge in [0.25, 0.3) is 11.8 Å². The number of amides is 2. The summed E-state index contributed by atoms with van der Waals surface area (Å²) < 4.78 is 5.51. The summed E-state index contributed by atoms with van der Waals surface area (Å²) in [5.74, 6) is 1.33. The number of aromatic amines is 1. The van der Waals surface area contributed by atoms with Gasteiger partial charge in [0.1, 0.15) is 17.1 Å². The molecule has 1 aliphatic heterocycles. The minimum Gasteiger partial charge on any atom is -0.496 e. The Morgan fingerprint density at radius 1 is 1.11 bits per heavy atom. The van der Waals surface area contributed by atoms with Gasteiger partial charge < -0.3 is 24.8 Å². The standard InChI is InChI=1S/C26H26N6O3/c1-16-28-19-7-4-8-20(23(19)29-16)30-25(33)18-11-10-17(15-22(18)35-3)26(34)32-14-6-13-31(2)24-21(32)9-5-12-27-24/h4-5,7-12,15H,6,13-14H2,1-3H3,(H,28,29)(H,30,33). The molecular formula is C26H26N6O3. The van der Waals surface area contributed by atoms with Crippen molar-refractivity contribution in [3.63, 3.8) is 0 Å². The zero-order valence-electron chi connectivity index (χ0n) is 19.8. The number of anilines is 3. The van der Waals surface area contributed by atoms with E-state index < -0.39 is 0 Å². The van der Waals surface area contributed by atoms with Gasteiger partial charge in [-0.05, 0) is 55.8 Å². The molecule has 2 aromatic heterocycles. The molecule has 0 radical (unpaired) electrons. The second kappa shape index (κ2) is 9.09. The number of carbonyl (C=O) groups excluding carboxylic acids is 2. The van der Waals surface area contributed by atoms with Gasteiger partial charge in [-0.2, -0.15) is 0 Å². The summed E-state index contributed by atoms with van der Waals surface area (Å²) in [6.45, 7) is 3.24. The minimum absolute atomic E-state index is 0.170. The van der Waals surface area contributed by atoms with Gasteiger partial charge in [-0.1, -0.05) is 6.07 Å². The molecule has 9 nitrogen and oxygen atoms in total. The number of para-hydroxylation sites is 1. The molecule has 2 amide bonds. The molecule has 9 heteroatoms. The molecule has 0 saturated heterocycles. The van der Waals surface area contributed by atoms with Gasteiger partial charge in [0, 0.05) is 31.9 Å². The number of rotatable bonds is 4. The van der Waals surface area contributed by atoms with Crippen molar-refractivity contribution in [2.75, 3.05) is 42.4 Å². The van der Waals surface area contributed by atoms with Crippen LogP contribution in [-0.4, -0.2) is 54.0 Å². The van der Waals surface area contributed by atoms with Gasteiger partial charge >= 0.3 is 0 Å². The number of carbonyl (C=O) groups is 2. The summed E-state index contributed by atoms with van der Waals surface area (Å²) in [5, 5.41) is 2.92. The monoisotopic (exact) mass is 470 g/mol. The molecule has 0 saturated carbocycles. The van der Waals surface area contributed by atoms with E-state index >= 15 is 0 Å². The molecule has 0 atom stereocenters. The predicted molar refractivity (Wildman–Crippen MR) is 136 cm³/mol. The molecule has 0 bridgehead atoms. The molecule has 4 aromatic rings. The number of pyridine rings is 1. The first-order valence-electron chi connectivity index (χ1n) is 11.4. The SMILES string of the molecule is COc1cc(C(=O)N2CCCN(C)c3ncccc32)ccc1C(=O)Nc1cccc2[nH]c(C)nc12. The number of fused-ring (bicyclic) bond motifs is 2. The number of aryl methyl sites for hydroxylation is 1. The number of aromatic nitrogens is 3. The second-order valence-corrected chi connectivity index (χ2v) is 8.47. The summed E-state index contributed by atoms with van der Waals surface area (Å²) in [6, 6.07) is 14.2. The third kappa shape index (κ3) is 4.16. The maximum Gasteiger partial charge on any atom is 0.259 e. The molecular weight excluding hydrogens is 444 g/mol. The van der Waals surface area contributed by atoms with Crippen molar-refractivity contribution in [3.05, 3.63) is 71.7 Å². The van der Waals surface area contributed by atoms with E-state index in [1.165, 1.54) is 7.11 Å². The number of methoxy groups -OCH3 is 1. The smallest absolute Gasteiger partial charge is 0.259 e. The molecule has 2 aromatic carbocycles. The van der Waals surface area contributed by atoms with Crippen LogP contribution in [0.4, 0.5) is 17.2 Å². The van der Waals surface area contributed by atoms with Crippen LogP contribution in [0, 0.1) is 6.92 Å². The van der Waals surface area contributed by atoms with Crippen LogP contribution in [0.15, 0.2) is 54.7 Å². The fraction of sp³-hybridized carbons (Fsp3) is 0.231. The van der Waals surface area contributed by atoms with Crippen LogP contribution < -0.4 is 19.9 Å². The maximum atomic E-state index is 13.5. The van der Waals surface area contributed by atoms with Gasteiger partial charge in [0.05, 0.1) is 29.6 Å². The largest absolute Gasteiger partial charge is 0.496 e. The molecule has 5 rings (SSSR count). The Kier molecular flexibility index (Phi) is 5.82. The van der Waals surface area contributed by atoms with Crippen LogP contribution >= 0.6 is 0 Å². The van der Waals surface area contributed by atoms with Gasteiger partial charge in [0.15, 0.2) is 5.82 Å². The molecule has 0 fully saturated rings. The highest BCUT2D eigenvalue weighted by atomic mass is 16.5. The number of hydrogen-bond acceptors (Lipinski definition) is 6. The third-order valence-corrected chi connectivity index (χ3v) is 6.11. The lowest BCUT2D eigenvalue weighted by molar-refractivity contribution is 0.0982. The van der Waals surface area contributed by atoms with Gasteiger partial charge in [0.2, 0.25) is 0 Å². The molecule has 178 valence electrons. The Labute approximate surface area is 202 Å². The fourth-order valence-corrected chi connectivity index (χ4v) is 4.41. The van der Waals surface area contributed by atoms with E-state index in [-0.39, 0.29) is 11.8 Å². The predicted octanol–water partition coefficient (Wildman–Crippen LogP) is 4.01. The van der Waals surface area contributed by atoms with E-state index in [1.54, 1.807) is 35.4 Å². The molecule has 0 spiro atoms. The summed E-state index contributed by atoms with van der Waals surface area (Å²) >= 11 is 0. The van der Waals surface area contributed by atoms with Crippen molar-refractivity contribution in [2.24, 2.45) is 0 Å². The van der Waals surface area contributed by atoms with Gasteiger partial charge in [-0.15, -0.1) is 0 Å². The lowest BCUT2D eigenvalue weighted by Gasteiger charge is -2.23. The fourth-order valence-electron chi connectivity index (χ4n) is 4.41. The number of hydrogen-bond donors (Lipinski definition) is 2. The number of nitrogens with one attached hydrogen (secondary N) is 2. The number of imidazole rings is 1. The Hall–Kier alpha value is -4.40. The van der Waals surface area contributed by atoms with Gasteiger partial charge in [-0.25, -0.2) is 9.97 Å². The van der Waals surface area contributed by atoms with Crippen molar-refractivity contribution in [1.29, 1.82) is 0 Å². The van der Waals surface area contributed by atoms with Crippen LogP contribution in [0.25, 0.3) is 11.0 Å². The van der Waals surface area contributed by atoms with E-state index in [2.05, 4.69) is 25.2 Å². The number of nitrogens with zero attached hydrogens (tertiary/aromatic N) is 4. The van der Waals surface area contributed by atoms with Crippen LogP contribution in [0.3, 0.4) is 0 Å². The van der Waals surface area contributed by atoms with Crippen molar-refractivity contribution in [3.8, 4) is 5.75 Å². The van der Waals surface area contributed by atoms with Crippen LogP contribution in [0.5, 0.6) is 5.75 Å². The van der Waals surface area contributed by atoms with Crippen LogP contribution in [0.2, 0.25) is 0 Å². The third-order valence-electron chi connectivity index (χ3n) is 6.11. The normalized spacial score (nSPS) is 13.3. The van der Waals surface area contributed by atoms with Crippen molar-refractivity contribution >= 4 is 40.0 Å². The molecule has 1 aliphatic rings. The lowest BCUT2D eigenvalue weighted by atomic mass is 10.1. The summed E-state index contributed by atoms with van der Waals surface area (Å²) in [7, 11) is 3.46. The van der Waals surface area contributed by atoms with Crippen molar-refractivity contribution in [1.82, 2.24) is 15.0 Å². The molecule has 3 heterocycles. The number of H-pyrrole nitrogens is 1. The summed E-state index contributed by atoms with van der Waals surface area (Å²) in [6.07, 6.45) is 2.54. The molecule has 35 heavy (non-hydrogen) atoms. The molecule has 2 N–H and O–H groups in total. The zero-order chi connectivity index (χ0) is 24.5. The topological polar surface area (TPSA) is 103 Å².